The number of carbonyl (C=O) groups is 2. The van der Waals surface area contributed by atoms with Gasteiger partial charge in [-0.1, -0.05) is 17.5 Å². The SMILES string of the molecule is C#CCNC(=O)Nc1ccc(Cl)cc1C(=O)O. The molecule has 0 saturated heterocycles. The minimum atomic E-state index is -1.18. The second kappa shape index (κ2) is 5.77. The van der Waals surface area contributed by atoms with E-state index in [9.17, 15) is 9.59 Å². The maximum absolute atomic E-state index is 11.3. The van der Waals surface area contributed by atoms with Crippen molar-refractivity contribution >= 4 is 29.3 Å². The molecule has 0 spiro atoms. The van der Waals surface area contributed by atoms with Gasteiger partial charge in [0.05, 0.1) is 17.8 Å². The quantitative estimate of drug-likeness (QED) is 0.718. The normalized spacial score (nSPS) is 9.18. The molecule has 0 aliphatic rings. The van der Waals surface area contributed by atoms with Gasteiger partial charge in [0.25, 0.3) is 0 Å². The fourth-order valence-electron chi connectivity index (χ4n) is 1.10. The van der Waals surface area contributed by atoms with Gasteiger partial charge in [-0.05, 0) is 18.2 Å². The molecule has 17 heavy (non-hydrogen) atoms. The summed E-state index contributed by atoms with van der Waals surface area (Å²) in [6.45, 7) is 0.0574. The lowest BCUT2D eigenvalue weighted by atomic mass is 10.2. The third-order valence-corrected chi connectivity index (χ3v) is 2.05. The third kappa shape index (κ3) is 3.70. The number of urea groups is 1. The van der Waals surface area contributed by atoms with Gasteiger partial charge in [-0.3, -0.25) is 0 Å². The molecule has 0 aliphatic heterocycles. The molecule has 0 saturated carbocycles. The van der Waals surface area contributed by atoms with Gasteiger partial charge in [0.15, 0.2) is 0 Å². The smallest absolute Gasteiger partial charge is 0.337 e. The predicted octanol–water partition coefficient (Wildman–Crippen LogP) is 1.79. The van der Waals surface area contributed by atoms with E-state index in [1.165, 1.54) is 18.2 Å². The van der Waals surface area contributed by atoms with Gasteiger partial charge in [0.1, 0.15) is 0 Å². The highest BCUT2D eigenvalue weighted by molar-refractivity contribution is 6.31. The van der Waals surface area contributed by atoms with Gasteiger partial charge >= 0.3 is 12.0 Å². The number of hydrogen-bond acceptors (Lipinski definition) is 2. The van der Waals surface area contributed by atoms with Gasteiger partial charge in [-0.25, -0.2) is 9.59 Å². The minimum absolute atomic E-state index is 0.0574. The van der Waals surface area contributed by atoms with Crippen molar-refractivity contribution in [3.05, 3.63) is 28.8 Å². The van der Waals surface area contributed by atoms with E-state index in [0.29, 0.717) is 0 Å². The van der Waals surface area contributed by atoms with Crippen molar-refractivity contribution in [2.75, 3.05) is 11.9 Å². The molecule has 1 aromatic carbocycles. The molecule has 0 atom stereocenters. The molecule has 3 N–H and O–H groups in total. The fraction of sp³-hybridized carbons (Fsp3) is 0.0909. The van der Waals surface area contributed by atoms with Gasteiger partial charge in [0.2, 0.25) is 0 Å². The van der Waals surface area contributed by atoms with Crippen LogP contribution in [0.3, 0.4) is 0 Å². The maximum Gasteiger partial charge on any atom is 0.337 e. The number of carboxylic acid groups (broad SMARTS) is 1. The molecule has 0 aliphatic carbocycles. The Morgan fingerprint density at radius 1 is 1.47 bits per heavy atom. The van der Waals surface area contributed by atoms with Crippen molar-refractivity contribution in [1.29, 1.82) is 0 Å². The molecule has 0 aromatic heterocycles. The topological polar surface area (TPSA) is 78.4 Å². The molecule has 2 amide bonds. The van der Waals surface area contributed by atoms with E-state index in [-0.39, 0.29) is 22.8 Å². The Morgan fingerprint density at radius 3 is 2.76 bits per heavy atom. The van der Waals surface area contributed by atoms with Crippen LogP contribution in [-0.2, 0) is 0 Å². The van der Waals surface area contributed by atoms with E-state index >= 15 is 0 Å². The highest BCUT2D eigenvalue weighted by atomic mass is 35.5. The van der Waals surface area contributed by atoms with E-state index in [0.717, 1.165) is 0 Å². The summed E-state index contributed by atoms with van der Waals surface area (Å²) in [5.74, 6) is 1.04. The van der Waals surface area contributed by atoms with Gasteiger partial charge in [0, 0.05) is 5.02 Å². The number of aromatic carboxylic acids is 1. The predicted molar refractivity (Wildman–Crippen MR) is 64.3 cm³/mol. The van der Waals surface area contributed by atoms with Crippen molar-refractivity contribution in [2.24, 2.45) is 0 Å². The number of anilines is 1. The first kappa shape index (κ1) is 12.9. The van der Waals surface area contributed by atoms with Crippen LogP contribution in [0, 0.1) is 12.3 Å². The van der Waals surface area contributed by atoms with Crippen LogP contribution in [0.15, 0.2) is 18.2 Å². The number of nitrogens with one attached hydrogen (secondary N) is 2. The van der Waals surface area contributed by atoms with Crippen LogP contribution in [0.2, 0.25) is 5.02 Å². The van der Waals surface area contributed by atoms with Crippen LogP contribution in [0.4, 0.5) is 10.5 Å². The molecule has 1 rings (SSSR count). The molecule has 0 fully saturated rings. The highest BCUT2D eigenvalue weighted by Crippen LogP contribution is 2.20. The van der Waals surface area contributed by atoms with Crippen LogP contribution in [-0.4, -0.2) is 23.7 Å². The second-order valence-corrected chi connectivity index (χ2v) is 3.44. The molecule has 88 valence electrons. The first-order chi connectivity index (χ1) is 8.04. The van der Waals surface area contributed by atoms with Crippen LogP contribution in [0.5, 0.6) is 0 Å². The van der Waals surface area contributed by atoms with E-state index in [2.05, 4.69) is 16.6 Å². The van der Waals surface area contributed by atoms with E-state index in [1.807, 2.05) is 0 Å². The number of carbonyl (C=O) groups excluding carboxylic acids is 1. The number of hydrogen-bond donors (Lipinski definition) is 3. The third-order valence-electron chi connectivity index (χ3n) is 1.81. The van der Waals surface area contributed by atoms with Crippen molar-refractivity contribution < 1.29 is 14.7 Å². The Balaban J connectivity index is 2.87. The summed E-state index contributed by atoms with van der Waals surface area (Å²) >= 11 is 5.66. The Labute approximate surface area is 103 Å². The average molecular weight is 253 g/mol. The standard InChI is InChI=1S/C11H9ClN2O3/c1-2-5-13-11(17)14-9-4-3-7(12)6-8(9)10(15)16/h1,3-4,6H,5H2,(H,15,16)(H2,13,14,17). The van der Waals surface area contributed by atoms with E-state index in [1.54, 1.807) is 0 Å². The first-order valence-electron chi connectivity index (χ1n) is 4.55. The maximum atomic E-state index is 11.3. The zero-order valence-corrected chi connectivity index (χ0v) is 9.41. The van der Waals surface area contributed by atoms with Crippen molar-refractivity contribution in [3.8, 4) is 12.3 Å². The van der Waals surface area contributed by atoms with Crippen molar-refractivity contribution in [1.82, 2.24) is 5.32 Å². The monoisotopic (exact) mass is 252 g/mol. The molecule has 0 heterocycles. The molecule has 1 aromatic rings. The van der Waals surface area contributed by atoms with Crippen molar-refractivity contribution in [2.45, 2.75) is 0 Å². The summed E-state index contributed by atoms with van der Waals surface area (Å²) in [5, 5.41) is 13.9. The van der Waals surface area contributed by atoms with Crippen molar-refractivity contribution in [3.63, 3.8) is 0 Å². The van der Waals surface area contributed by atoms with E-state index < -0.39 is 12.0 Å². The summed E-state index contributed by atoms with van der Waals surface area (Å²) in [4.78, 5) is 22.2. The molecule has 6 heteroatoms. The number of amides is 2. The summed E-state index contributed by atoms with van der Waals surface area (Å²) in [5.41, 5.74) is 0.0600. The molecule has 0 bridgehead atoms. The van der Waals surface area contributed by atoms with Crippen LogP contribution >= 0.6 is 11.6 Å². The number of benzene rings is 1. The lowest BCUT2D eigenvalue weighted by molar-refractivity contribution is 0.0698. The number of rotatable bonds is 3. The molecular weight excluding hydrogens is 244 g/mol. The number of halogens is 1. The van der Waals surface area contributed by atoms with E-state index in [4.69, 9.17) is 23.1 Å². The van der Waals surface area contributed by atoms with Crippen LogP contribution in [0.25, 0.3) is 0 Å². The summed E-state index contributed by atoms with van der Waals surface area (Å²) < 4.78 is 0. The Kier molecular flexibility index (Phi) is 4.37. The molecule has 0 radical (unpaired) electrons. The Bertz CT molecular complexity index is 494. The molecule has 0 unspecified atom stereocenters. The van der Waals surface area contributed by atoms with Gasteiger partial charge in [-0.2, -0.15) is 0 Å². The lowest BCUT2D eigenvalue weighted by Gasteiger charge is -2.08. The number of carboxylic acids is 1. The molecule has 5 nitrogen and oxygen atoms in total. The van der Waals surface area contributed by atoms with Gasteiger partial charge < -0.3 is 15.7 Å². The second-order valence-electron chi connectivity index (χ2n) is 3.01. The molecular formula is C11H9ClN2O3. The summed E-state index contributed by atoms with van der Waals surface area (Å²) in [7, 11) is 0. The lowest BCUT2D eigenvalue weighted by Crippen LogP contribution is -2.29. The minimum Gasteiger partial charge on any atom is -0.478 e. The summed E-state index contributed by atoms with van der Waals surface area (Å²) in [6.07, 6.45) is 4.96. The van der Waals surface area contributed by atoms with Crippen LogP contribution in [0.1, 0.15) is 10.4 Å². The summed E-state index contributed by atoms with van der Waals surface area (Å²) in [6, 6.07) is 3.56. The fourth-order valence-corrected chi connectivity index (χ4v) is 1.27. The first-order valence-corrected chi connectivity index (χ1v) is 4.93. The zero-order chi connectivity index (χ0) is 12.8. The zero-order valence-electron chi connectivity index (χ0n) is 8.66. The number of terminal acetylenes is 1. The van der Waals surface area contributed by atoms with Crippen LogP contribution < -0.4 is 10.6 Å². The average Bonchev–Trinajstić information content (AvgIpc) is 2.28. The van der Waals surface area contributed by atoms with Gasteiger partial charge in [-0.15, -0.1) is 6.42 Å². The Morgan fingerprint density at radius 2 is 2.18 bits per heavy atom. The Hall–Kier alpha value is -2.19. The largest absolute Gasteiger partial charge is 0.478 e. The highest BCUT2D eigenvalue weighted by Gasteiger charge is 2.12.